The van der Waals surface area contributed by atoms with E-state index in [0.717, 1.165) is 5.82 Å². The smallest absolute Gasteiger partial charge is 0 e. The molecule has 0 spiro atoms. The van der Waals surface area contributed by atoms with E-state index in [1.54, 1.807) is 6.20 Å². The summed E-state index contributed by atoms with van der Waals surface area (Å²) in [4.78, 5) is 3.97. The Morgan fingerprint density at radius 2 is 2.30 bits per heavy atom. The molecule has 1 heterocycles. The van der Waals surface area contributed by atoms with E-state index in [-0.39, 0.29) is 44.1 Å². The van der Waals surface area contributed by atoms with E-state index >= 15 is 0 Å². The second-order valence-corrected chi connectivity index (χ2v) is 2.08. The van der Waals surface area contributed by atoms with Crippen molar-refractivity contribution >= 4 is 15.2 Å². The van der Waals surface area contributed by atoms with Gasteiger partial charge < -0.3 is 10.1 Å². The van der Waals surface area contributed by atoms with Gasteiger partial charge in [-0.25, -0.2) is 0 Å². The maximum atomic E-state index is 3.97. The maximum absolute atomic E-state index is 3.97. The van der Waals surface area contributed by atoms with Crippen LogP contribution in [0.5, 0.6) is 0 Å². The van der Waals surface area contributed by atoms with Crippen molar-refractivity contribution in [3.8, 4) is 0 Å². The van der Waals surface area contributed by atoms with Gasteiger partial charge in [0.2, 0.25) is 0 Å². The Bertz CT molecular complexity index is 205. The zero-order valence-corrected chi connectivity index (χ0v) is 11.7. The molecule has 0 fully saturated rings. The first-order valence-corrected chi connectivity index (χ1v) is 3.18. The number of pyridine rings is 1. The third kappa shape index (κ3) is 3.28. The first-order valence-electron chi connectivity index (χ1n) is 2.66. The van der Waals surface area contributed by atoms with Gasteiger partial charge in [0, 0.05) is 44.1 Å². The van der Waals surface area contributed by atoms with Crippen LogP contribution in [0, 0.1) is 51.0 Å². The van der Waals surface area contributed by atoms with Crippen molar-refractivity contribution in [2.24, 2.45) is 0 Å². The van der Waals surface area contributed by atoms with Crippen LogP contribution in [0.2, 0.25) is 0 Å². The molecule has 1 aromatic rings. The van der Waals surface area contributed by atoms with Gasteiger partial charge in [0.05, 0.1) is 0 Å². The molecular weight excluding hydrogens is 358 g/mol. The molecule has 51 valence electrons. The maximum Gasteiger partial charge on any atom is 0 e. The fraction of sp³-hybridized carbons (Fsp3) is 0.167. The van der Waals surface area contributed by atoms with Gasteiger partial charge in [0.1, 0.15) is 0 Å². The molecule has 1 unspecified atom stereocenters. The topological polar surface area (TPSA) is 27.0 Å². The third-order valence-corrected chi connectivity index (χ3v) is 1.30. The molecule has 0 saturated carbocycles. The molecule has 0 aliphatic carbocycles. The van der Waals surface area contributed by atoms with Crippen LogP contribution in [0.1, 0.15) is 5.56 Å². The van der Waals surface area contributed by atoms with E-state index in [4.69, 9.17) is 0 Å². The van der Waals surface area contributed by atoms with Crippen molar-refractivity contribution in [2.45, 2.75) is 6.92 Å². The molecule has 0 saturated heterocycles. The summed E-state index contributed by atoms with van der Waals surface area (Å²) < 4.78 is 0. The van der Waals surface area contributed by atoms with E-state index in [2.05, 4.69) is 19.5 Å². The predicted molar refractivity (Wildman–Crippen MR) is 41.7 cm³/mol. The summed E-state index contributed by atoms with van der Waals surface area (Å²) in [5.74, 6) is 0.764. The second kappa shape index (κ2) is 5.47. The minimum absolute atomic E-state index is 0. The van der Waals surface area contributed by atoms with Gasteiger partial charge >= 0.3 is 0 Å². The predicted octanol–water partition coefficient (Wildman–Crippen LogP) is 2.19. The number of aryl methyl sites for hydroxylation is 1. The molecule has 0 aliphatic rings. The molecule has 1 rings (SSSR count). The van der Waals surface area contributed by atoms with E-state index in [1.807, 2.05) is 19.1 Å². The van der Waals surface area contributed by atoms with Crippen LogP contribution in [0.4, 0.5) is 5.82 Å². The fourth-order valence-corrected chi connectivity index (χ4v) is 0.732. The van der Waals surface area contributed by atoms with Crippen molar-refractivity contribution in [2.75, 3.05) is 0 Å². The standard InChI is InChI=1S/C6H8N2P.Ac/c1-5-2-3-7-6(4-5)8-9;/h2-4H,9H2,1H3;/q-1;. The Hall–Kier alpha value is 0.822. The molecular formula is C6H8AcN2P-. The van der Waals surface area contributed by atoms with E-state index in [0.29, 0.717) is 0 Å². The van der Waals surface area contributed by atoms with Crippen LogP contribution in [0.25, 0.3) is 5.09 Å². The number of aromatic nitrogens is 1. The minimum atomic E-state index is 0. The zero-order valence-electron chi connectivity index (χ0n) is 5.78. The second-order valence-electron chi connectivity index (χ2n) is 1.82. The molecule has 4 heteroatoms. The van der Waals surface area contributed by atoms with Crippen LogP contribution < -0.4 is 0 Å². The van der Waals surface area contributed by atoms with Crippen LogP contribution in [-0.2, 0) is 0 Å². The average molecular weight is 366 g/mol. The Morgan fingerprint density at radius 1 is 1.60 bits per heavy atom. The van der Waals surface area contributed by atoms with Crippen LogP contribution >= 0.6 is 9.39 Å². The van der Waals surface area contributed by atoms with Gasteiger partial charge in [0.25, 0.3) is 0 Å². The molecule has 0 bridgehead atoms. The average Bonchev–Trinajstić information content (AvgIpc) is 1.88. The van der Waals surface area contributed by atoms with Crippen LogP contribution in [0.3, 0.4) is 0 Å². The first-order chi connectivity index (χ1) is 4.33. The van der Waals surface area contributed by atoms with Gasteiger partial charge in [-0.05, 0) is 6.92 Å². The van der Waals surface area contributed by atoms with Crippen molar-refractivity contribution < 1.29 is 44.1 Å². The monoisotopic (exact) mass is 366 g/mol. The largest absolute Gasteiger partial charge is 0.446 e. The number of rotatable bonds is 1. The molecule has 0 amide bonds. The molecule has 1 aromatic heterocycles. The summed E-state index contributed by atoms with van der Waals surface area (Å²) in [6, 6.07) is 3.87. The summed E-state index contributed by atoms with van der Waals surface area (Å²) in [7, 11) is 2.28. The Labute approximate surface area is 99.0 Å². The number of hydrogen-bond donors (Lipinski definition) is 0. The summed E-state index contributed by atoms with van der Waals surface area (Å²) in [5, 5.41) is 3.84. The molecule has 0 aliphatic heterocycles. The Kier molecular flexibility index (Phi) is 5.92. The molecule has 0 aromatic carbocycles. The van der Waals surface area contributed by atoms with E-state index in [9.17, 15) is 0 Å². The number of hydrogen-bond acceptors (Lipinski definition) is 1. The SMILES string of the molecule is Cc1ccnc([N-]P)c1.[Ac]. The van der Waals surface area contributed by atoms with Crippen LogP contribution in [-0.4, -0.2) is 4.98 Å². The van der Waals surface area contributed by atoms with Gasteiger partial charge in [-0.15, -0.1) is 9.39 Å². The molecule has 10 heavy (non-hydrogen) atoms. The van der Waals surface area contributed by atoms with Crippen molar-refractivity contribution in [3.05, 3.63) is 29.0 Å². The summed E-state index contributed by atoms with van der Waals surface area (Å²) in [5.41, 5.74) is 1.19. The molecule has 2 nitrogen and oxygen atoms in total. The van der Waals surface area contributed by atoms with Crippen LogP contribution in [0.15, 0.2) is 18.3 Å². The Balaban J connectivity index is 0.000000810. The Morgan fingerprint density at radius 3 is 2.70 bits per heavy atom. The summed E-state index contributed by atoms with van der Waals surface area (Å²) >= 11 is 0. The van der Waals surface area contributed by atoms with Crippen molar-refractivity contribution in [3.63, 3.8) is 0 Å². The molecule has 1 radical (unpaired) electrons. The van der Waals surface area contributed by atoms with Gasteiger partial charge in [-0.2, -0.15) is 0 Å². The molecule has 1 atom stereocenters. The van der Waals surface area contributed by atoms with Gasteiger partial charge in [0.15, 0.2) is 0 Å². The zero-order chi connectivity index (χ0) is 6.69. The van der Waals surface area contributed by atoms with Crippen molar-refractivity contribution in [1.82, 2.24) is 4.98 Å². The molecule has 0 N–H and O–H groups in total. The van der Waals surface area contributed by atoms with E-state index < -0.39 is 0 Å². The normalized spacial score (nSPS) is 8.20. The first kappa shape index (κ1) is 10.8. The number of nitrogens with zero attached hydrogens (tertiary/aromatic N) is 2. The quantitative estimate of drug-likeness (QED) is 0.701. The van der Waals surface area contributed by atoms with Crippen molar-refractivity contribution in [1.29, 1.82) is 0 Å². The fourth-order valence-electron chi connectivity index (χ4n) is 0.591. The van der Waals surface area contributed by atoms with Gasteiger partial charge in [-0.3, -0.25) is 0 Å². The summed E-state index contributed by atoms with van der Waals surface area (Å²) in [6.07, 6.45) is 1.75. The van der Waals surface area contributed by atoms with Gasteiger partial charge in [-0.1, -0.05) is 29.7 Å². The minimum Gasteiger partial charge on any atom is -0.446 e. The third-order valence-electron chi connectivity index (χ3n) is 1.03. The van der Waals surface area contributed by atoms with E-state index in [1.165, 1.54) is 5.56 Å². The summed E-state index contributed by atoms with van der Waals surface area (Å²) in [6.45, 7) is 2.01.